The van der Waals surface area contributed by atoms with Gasteiger partial charge in [0.1, 0.15) is 0 Å². The Bertz CT molecular complexity index is 1040. The molecule has 146 valence electrons. The Morgan fingerprint density at radius 2 is 1.30 bits per heavy atom. The van der Waals surface area contributed by atoms with E-state index in [4.69, 9.17) is 0 Å². The molecule has 0 N–H and O–H groups in total. The zero-order valence-electron chi connectivity index (χ0n) is 15.1. The molecule has 0 saturated carbocycles. The normalized spacial score (nSPS) is 17.1. The number of nitrogens with zero attached hydrogens (tertiary/aromatic N) is 2. The van der Waals surface area contributed by atoms with Crippen molar-refractivity contribution in [3.8, 4) is 0 Å². The van der Waals surface area contributed by atoms with Gasteiger partial charge >= 0.3 is 0 Å². The molecule has 0 radical (unpaired) electrons. The summed E-state index contributed by atoms with van der Waals surface area (Å²) in [5.41, 5.74) is 1.56. The van der Waals surface area contributed by atoms with Crippen LogP contribution in [0, 0.1) is 13.8 Å². The van der Waals surface area contributed by atoms with Gasteiger partial charge in [-0.2, -0.15) is 8.61 Å². The van der Waals surface area contributed by atoms with E-state index in [1.807, 2.05) is 13.0 Å². The Morgan fingerprint density at radius 1 is 0.778 bits per heavy atom. The lowest BCUT2D eigenvalue weighted by molar-refractivity contribution is 0.272. The summed E-state index contributed by atoms with van der Waals surface area (Å²) in [6, 6.07) is 11.8. The van der Waals surface area contributed by atoms with Gasteiger partial charge < -0.3 is 0 Å². The predicted octanol–water partition coefficient (Wildman–Crippen LogP) is 2.76. The highest BCUT2D eigenvalue weighted by Gasteiger charge is 2.34. The van der Waals surface area contributed by atoms with Gasteiger partial charge in [-0.15, -0.1) is 0 Å². The minimum atomic E-state index is -3.65. The fourth-order valence-electron chi connectivity index (χ4n) is 3.03. The minimum absolute atomic E-state index is 0.127. The van der Waals surface area contributed by atoms with E-state index in [0.29, 0.717) is 5.56 Å². The van der Waals surface area contributed by atoms with E-state index < -0.39 is 20.0 Å². The summed E-state index contributed by atoms with van der Waals surface area (Å²) < 4.78 is 55.0. The number of sulfonamides is 2. The highest BCUT2D eigenvalue weighted by molar-refractivity contribution is 9.10. The van der Waals surface area contributed by atoms with Crippen molar-refractivity contribution in [2.75, 3.05) is 26.2 Å². The SMILES string of the molecule is Cc1ccc(C)c(S(=O)(=O)N2CCN(S(=O)(=O)c3ccc(Br)cc3)CC2)c1. The van der Waals surface area contributed by atoms with E-state index in [-0.39, 0.29) is 36.0 Å². The summed E-state index contributed by atoms with van der Waals surface area (Å²) in [5, 5.41) is 0. The molecule has 1 heterocycles. The van der Waals surface area contributed by atoms with Gasteiger partial charge in [0, 0.05) is 30.7 Å². The van der Waals surface area contributed by atoms with Gasteiger partial charge in [-0.05, 0) is 55.3 Å². The van der Waals surface area contributed by atoms with Crippen molar-refractivity contribution in [3.63, 3.8) is 0 Å². The second-order valence-corrected chi connectivity index (χ2v) is 11.3. The smallest absolute Gasteiger partial charge is 0.207 e. The number of hydrogen-bond acceptors (Lipinski definition) is 4. The number of benzene rings is 2. The lowest BCUT2D eigenvalue weighted by atomic mass is 10.2. The largest absolute Gasteiger partial charge is 0.243 e. The van der Waals surface area contributed by atoms with Crippen molar-refractivity contribution in [3.05, 3.63) is 58.1 Å². The summed E-state index contributed by atoms with van der Waals surface area (Å²) >= 11 is 3.29. The Labute approximate surface area is 169 Å². The fourth-order valence-corrected chi connectivity index (χ4v) is 6.45. The monoisotopic (exact) mass is 472 g/mol. The first-order chi connectivity index (χ1) is 12.6. The van der Waals surface area contributed by atoms with Crippen LogP contribution < -0.4 is 0 Å². The highest BCUT2D eigenvalue weighted by atomic mass is 79.9. The second-order valence-electron chi connectivity index (χ2n) is 6.53. The van der Waals surface area contributed by atoms with Crippen LogP contribution in [0.1, 0.15) is 11.1 Å². The minimum Gasteiger partial charge on any atom is -0.207 e. The van der Waals surface area contributed by atoms with Crippen molar-refractivity contribution in [2.24, 2.45) is 0 Å². The molecule has 1 aliphatic rings. The van der Waals surface area contributed by atoms with Gasteiger partial charge in [-0.25, -0.2) is 16.8 Å². The highest BCUT2D eigenvalue weighted by Crippen LogP contribution is 2.25. The van der Waals surface area contributed by atoms with E-state index in [0.717, 1.165) is 10.0 Å². The van der Waals surface area contributed by atoms with Gasteiger partial charge in [-0.1, -0.05) is 28.1 Å². The molecule has 6 nitrogen and oxygen atoms in total. The third-order valence-electron chi connectivity index (χ3n) is 4.61. The van der Waals surface area contributed by atoms with Crippen molar-refractivity contribution >= 4 is 36.0 Å². The summed E-state index contributed by atoms with van der Waals surface area (Å²) in [5.74, 6) is 0. The summed E-state index contributed by atoms with van der Waals surface area (Å²) in [7, 11) is -7.28. The van der Waals surface area contributed by atoms with Gasteiger partial charge in [0.05, 0.1) is 9.79 Å². The molecule has 0 aromatic heterocycles. The first-order valence-electron chi connectivity index (χ1n) is 8.45. The van der Waals surface area contributed by atoms with Crippen molar-refractivity contribution in [2.45, 2.75) is 23.6 Å². The summed E-state index contributed by atoms with van der Waals surface area (Å²) in [6.45, 7) is 4.13. The predicted molar refractivity (Wildman–Crippen MR) is 108 cm³/mol. The third-order valence-corrected chi connectivity index (χ3v) is 9.09. The van der Waals surface area contributed by atoms with Gasteiger partial charge in [-0.3, -0.25) is 0 Å². The standard InChI is InChI=1S/C18H21BrN2O4S2/c1-14-3-4-15(2)18(13-14)27(24,25)21-11-9-20(10-12-21)26(22,23)17-7-5-16(19)6-8-17/h3-8,13H,9-12H2,1-2H3. The number of aryl methyl sites for hydroxylation is 2. The van der Waals surface area contributed by atoms with Crippen molar-refractivity contribution < 1.29 is 16.8 Å². The second kappa shape index (κ2) is 7.63. The average molecular weight is 473 g/mol. The molecular weight excluding hydrogens is 452 g/mol. The molecule has 0 unspecified atom stereocenters. The number of piperazine rings is 1. The molecule has 2 aromatic carbocycles. The van der Waals surface area contributed by atoms with Crippen LogP contribution in [0.25, 0.3) is 0 Å². The Balaban J connectivity index is 1.78. The summed E-state index contributed by atoms with van der Waals surface area (Å²) in [4.78, 5) is 0.489. The van der Waals surface area contributed by atoms with E-state index in [1.165, 1.54) is 8.61 Å². The Morgan fingerprint density at radius 3 is 1.85 bits per heavy atom. The number of rotatable bonds is 4. The molecule has 9 heteroatoms. The maximum atomic E-state index is 13.0. The molecule has 27 heavy (non-hydrogen) atoms. The first kappa shape index (κ1) is 20.5. The zero-order valence-corrected chi connectivity index (χ0v) is 18.3. The topological polar surface area (TPSA) is 74.8 Å². The van der Waals surface area contributed by atoms with Crippen LogP contribution >= 0.6 is 15.9 Å². The van der Waals surface area contributed by atoms with Gasteiger partial charge in [0.2, 0.25) is 20.0 Å². The van der Waals surface area contributed by atoms with Crippen LogP contribution in [0.3, 0.4) is 0 Å². The molecule has 0 bridgehead atoms. The lowest BCUT2D eigenvalue weighted by Gasteiger charge is -2.33. The maximum Gasteiger partial charge on any atom is 0.243 e. The molecule has 0 aliphatic carbocycles. The number of halogens is 1. The summed E-state index contributed by atoms with van der Waals surface area (Å²) in [6.07, 6.45) is 0. The van der Waals surface area contributed by atoms with E-state index in [2.05, 4.69) is 15.9 Å². The van der Waals surface area contributed by atoms with E-state index in [9.17, 15) is 16.8 Å². The molecule has 1 saturated heterocycles. The van der Waals surface area contributed by atoms with Crippen molar-refractivity contribution in [1.29, 1.82) is 0 Å². The van der Waals surface area contributed by atoms with Crippen LogP contribution in [0.4, 0.5) is 0 Å². The molecule has 1 aliphatic heterocycles. The number of hydrogen-bond donors (Lipinski definition) is 0. The quantitative estimate of drug-likeness (QED) is 0.685. The molecule has 3 rings (SSSR count). The van der Waals surface area contributed by atoms with E-state index in [1.54, 1.807) is 43.3 Å². The van der Waals surface area contributed by atoms with Gasteiger partial charge in [0.25, 0.3) is 0 Å². The third kappa shape index (κ3) is 4.12. The lowest BCUT2D eigenvalue weighted by Crippen LogP contribution is -2.50. The molecule has 1 fully saturated rings. The molecule has 0 spiro atoms. The van der Waals surface area contributed by atoms with Crippen LogP contribution in [0.2, 0.25) is 0 Å². The molecule has 2 aromatic rings. The molecule has 0 amide bonds. The Hall–Kier alpha value is -1.26. The average Bonchev–Trinajstić information content (AvgIpc) is 2.64. The van der Waals surface area contributed by atoms with Crippen LogP contribution in [-0.2, 0) is 20.0 Å². The van der Waals surface area contributed by atoms with Gasteiger partial charge in [0.15, 0.2) is 0 Å². The Kier molecular flexibility index (Phi) is 5.79. The van der Waals surface area contributed by atoms with Crippen LogP contribution in [-0.4, -0.2) is 51.6 Å². The van der Waals surface area contributed by atoms with Crippen molar-refractivity contribution in [1.82, 2.24) is 8.61 Å². The molecule has 0 atom stereocenters. The van der Waals surface area contributed by atoms with E-state index >= 15 is 0 Å². The first-order valence-corrected chi connectivity index (χ1v) is 12.1. The fraction of sp³-hybridized carbons (Fsp3) is 0.333. The molecular formula is C18H21BrN2O4S2. The van der Waals surface area contributed by atoms with Crippen LogP contribution in [0.15, 0.2) is 56.7 Å². The van der Waals surface area contributed by atoms with Crippen LogP contribution in [0.5, 0.6) is 0 Å². The zero-order chi connectivity index (χ0) is 19.8. The maximum absolute atomic E-state index is 13.0.